The van der Waals surface area contributed by atoms with Gasteiger partial charge in [0.05, 0.1) is 30.8 Å². The molecule has 7 nitrogen and oxygen atoms in total. The molecule has 28 heavy (non-hydrogen) atoms. The highest BCUT2D eigenvalue weighted by molar-refractivity contribution is 7.91. The lowest BCUT2D eigenvalue weighted by Gasteiger charge is -2.31. The van der Waals surface area contributed by atoms with Gasteiger partial charge in [0.2, 0.25) is 15.0 Å². The van der Waals surface area contributed by atoms with E-state index < -0.39 is 9.84 Å². The first kappa shape index (κ1) is 21.0. The second-order valence-corrected chi connectivity index (χ2v) is 9.34. The van der Waals surface area contributed by atoms with Gasteiger partial charge in [-0.1, -0.05) is 30.3 Å². The molecular formula is C20H29N3O4S. The maximum Gasteiger partial charge on any atom is 0.228 e. The highest BCUT2D eigenvalue weighted by atomic mass is 32.2. The smallest absolute Gasteiger partial charge is 0.228 e. The second kappa shape index (κ2) is 9.65. The summed E-state index contributed by atoms with van der Waals surface area (Å²) in [7, 11) is -2.05. The Morgan fingerprint density at radius 2 is 2.04 bits per heavy atom. The minimum absolute atomic E-state index is 0.0922. The number of likely N-dealkylation sites (tertiary alicyclic amines) is 1. The Labute approximate surface area is 166 Å². The molecule has 0 bridgehead atoms. The lowest BCUT2D eigenvalue weighted by Crippen LogP contribution is -2.36. The van der Waals surface area contributed by atoms with Gasteiger partial charge in [-0.15, -0.1) is 0 Å². The summed E-state index contributed by atoms with van der Waals surface area (Å²) in [5, 5.41) is 9.58. The number of methoxy groups -OCH3 is 1. The molecule has 1 aliphatic rings. The summed E-state index contributed by atoms with van der Waals surface area (Å²) in [6.07, 6.45) is 3.75. The van der Waals surface area contributed by atoms with Gasteiger partial charge in [-0.05, 0) is 30.9 Å². The van der Waals surface area contributed by atoms with Crippen molar-refractivity contribution in [3.63, 3.8) is 0 Å². The van der Waals surface area contributed by atoms with Crippen LogP contribution in [0.25, 0.3) is 0 Å². The van der Waals surface area contributed by atoms with E-state index in [9.17, 15) is 13.5 Å². The van der Waals surface area contributed by atoms with Gasteiger partial charge in [0, 0.05) is 26.8 Å². The van der Waals surface area contributed by atoms with Crippen LogP contribution < -0.4 is 0 Å². The maximum absolute atomic E-state index is 12.8. The molecular weight excluding hydrogens is 378 g/mol. The summed E-state index contributed by atoms with van der Waals surface area (Å²) in [6, 6.07) is 9.80. The number of nitrogens with zero attached hydrogens (tertiary/aromatic N) is 3. The summed E-state index contributed by atoms with van der Waals surface area (Å²) >= 11 is 0. The third-order valence-corrected chi connectivity index (χ3v) is 6.75. The number of hydrogen-bond acceptors (Lipinski definition) is 6. The van der Waals surface area contributed by atoms with Crippen molar-refractivity contribution in [2.24, 2.45) is 5.92 Å². The monoisotopic (exact) mass is 407 g/mol. The van der Waals surface area contributed by atoms with Crippen LogP contribution in [-0.2, 0) is 27.7 Å². The van der Waals surface area contributed by atoms with E-state index in [1.807, 2.05) is 34.9 Å². The van der Waals surface area contributed by atoms with E-state index in [0.29, 0.717) is 13.1 Å². The fraction of sp³-hybridized carbons (Fsp3) is 0.550. The summed E-state index contributed by atoms with van der Waals surface area (Å²) < 4.78 is 32.4. The third kappa shape index (κ3) is 5.20. The van der Waals surface area contributed by atoms with Crippen molar-refractivity contribution < 1.29 is 18.3 Å². The van der Waals surface area contributed by atoms with E-state index in [1.165, 1.54) is 7.11 Å². The third-order valence-electron chi connectivity index (χ3n) is 5.17. The zero-order valence-corrected chi connectivity index (χ0v) is 17.1. The number of aromatic nitrogens is 2. The molecule has 0 aliphatic carbocycles. The molecule has 0 saturated carbocycles. The molecule has 0 spiro atoms. The van der Waals surface area contributed by atoms with Crippen LogP contribution in [0.2, 0.25) is 0 Å². The highest BCUT2D eigenvalue weighted by Gasteiger charge is 2.26. The van der Waals surface area contributed by atoms with Crippen LogP contribution in [0.5, 0.6) is 0 Å². The van der Waals surface area contributed by atoms with Crippen molar-refractivity contribution in [2.75, 3.05) is 39.2 Å². The Bertz CT molecular complexity index is 852. The van der Waals surface area contributed by atoms with Crippen LogP contribution in [0, 0.1) is 5.92 Å². The number of aliphatic hydroxyl groups excluding tert-OH is 1. The quantitative estimate of drug-likeness (QED) is 0.679. The first-order valence-electron chi connectivity index (χ1n) is 9.66. The van der Waals surface area contributed by atoms with Crippen LogP contribution in [0.4, 0.5) is 0 Å². The van der Waals surface area contributed by atoms with Crippen molar-refractivity contribution >= 4 is 9.84 Å². The minimum Gasteiger partial charge on any atom is -0.396 e. The lowest BCUT2D eigenvalue weighted by atomic mass is 9.99. The average Bonchev–Trinajstić information content (AvgIpc) is 3.10. The van der Waals surface area contributed by atoms with Gasteiger partial charge in [-0.3, -0.25) is 4.90 Å². The summed E-state index contributed by atoms with van der Waals surface area (Å²) in [4.78, 5) is 6.56. The van der Waals surface area contributed by atoms with E-state index in [0.717, 1.165) is 37.2 Å². The second-order valence-electron chi connectivity index (χ2n) is 7.34. The Balaban J connectivity index is 1.88. The fourth-order valence-corrected chi connectivity index (χ4v) is 4.96. The van der Waals surface area contributed by atoms with Gasteiger partial charge in [-0.25, -0.2) is 13.4 Å². The van der Waals surface area contributed by atoms with Crippen LogP contribution >= 0.6 is 0 Å². The summed E-state index contributed by atoms with van der Waals surface area (Å²) in [6.45, 7) is 3.17. The number of rotatable bonds is 9. The maximum atomic E-state index is 12.8. The van der Waals surface area contributed by atoms with Gasteiger partial charge >= 0.3 is 0 Å². The fourth-order valence-electron chi connectivity index (χ4n) is 3.66. The SMILES string of the molecule is COCCS(=O)(=O)c1ncc(CN2CCC[C@H](CO)C2)n1Cc1ccccc1. The minimum atomic E-state index is -3.54. The Kier molecular flexibility index (Phi) is 7.23. The van der Waals surface area contributed by atoms with Gasteiger partial charge in [0.1, 0.15) is 0 Å². The normalized spacial score (nSPS) is 18.4. The van der Waals surface area contributed by atoms with E-state index in [1.54, 1.807) is 6.20 Å². The molecule has 1 aromatic carbocycles. The number of ether oxygens (including phenoxy) is 1. The van der Waals surface area contributed by atoms with Crippen LogP contribution in [0.15, 0.2) is 41.7 Å². The number of benzene rings is 1. The summed E-state index contributed by atoms with van der Waals surface area (Å²) in [5.74, 6) is 0.189. The molecule has 1 aromatic heterocycles. The van der Waals surface area contributed by atoms with E-state index in [4.69, 9.17) is 4.74 Å². The number of hydrogen-bond donors (Lipinski definition) is 1. The van der Waals surface area contributed by atoms with E-state index >= 15 is 0 Å². The molecule has 8 heteroatoms. The molecule has 2 aromatic rings. The van der Waals surface area contributed by atoms with Crippen LogP contribution in [0.1, 0.15) is 24.1 Å². The Morgan fingerprint density at radius 1 is 1.25 bits per heavy atom. The zero-order chi connectivity index (χ0) is 20.0. The summed E-state index contributed by atoms with van der Waals surface area (Å²) in [5.41, 5.74) is 1.90. The Hall–Kier alpha value is -1.74. The van der Waals surface area contributed by atoms with E-state index in [2.05, 4.69) is 9.88 Å². The first-order chi connectivity index (χ1) is 13.5. The van der Waals surface area contributed by atoms with Crippen molar-refractivity contribution in [3.8, 4) is 0 Å². The van der Waals surface area contributed by atoms with Crippen molar-refractivity contribution in [3.05, 3.63) is 47.8 Å². The molecule has 3 rings (SSSR count). The average molecular weight is 408 g/mol. The van der Waals surface area contributed by atoms with Gasteiger partial charge < -0.3 is 14.4 Å². The van der Waals surface area contributed by atoms with Gasteiger partial charge in [-0.2, -0.15) is 0 Å². The number of imidazole rings is 1. The van der Waals surface area contributed by atoms with Crippen molar-refractivity contribution in [2.45, 2.75) is 31.1 Å². The topological polar surface area (TPSA) is 84.7 Å². The van der Waals surface area contributed by atoms with Crippen molar-refractivity contribution in [1.29, 1.82) is 0 Å². The lowest BCUT2D eigenvalue weighted by molar-refractivity contribution is 0.114. The largest absolute Gasteiger partial charge is 0.396 e. The van der Waals surface area contributed by atoms with Gasteiger partial charge in [0.25, 0.3) is 0 Å². The van der Waals surface area contributed by atoms with Gasteiger partial charge in [0.15, 0.2) is 0 Å². The van der Waals surface area contributed by atoms with Crippen LogP contribution in [-0.4, -0.2) is 67.1 Å². The molecule has 0 amide bonds. The molecule has 1 atom stereocenters. The molecule has 1 N–H and O–H groups in total. The highest BCUT2D eigenvalue weighted by Crippen LogP contribution is 2.21. The number of aliphatic hydroxyl groups is 1. The number of piperidine rings is 1. The molecule has 1 aliphatic heterocycles. The molecule has 0 unspecified atom stereocenters. The zero-order valence-electron chi connectivity index (χ0n) is 16.3. The molecule has 1 fully saturated rings. The predicted octanol–water partition coefficient (Wildman–Crippen LogP) is 1.56. The van der Waals surface area contributed by atoms with Crippen molar-refractivity contribution in [1.82, 2.24) is 14.5 Å². The van der Waals surface area contributed by atoms with E-state index in [-0.39, 0.29) is 30.0 Å². The molecule has 154 valence electrons. The van der Waals surface area contributed by atoms with Crippen LogP contribution in [0.3, 0.4) is 0 Å². The molecule has 0 radical (unpaired) electrons. The predicted molar refractivity (Wildman–Crippen MR) is 107 cm³/mol. The Morgan fingerprint density at radius 3 is 2.75 bits per heavy atom. The molecule has 1 saturated heterocycles. The standard InChI is InChI=1S/C20H29N3O4S/c1-27-10-11-28(25,26)20-21-12-19(15-22-9-5-8-18(13-22)16-24)23(20)14-17-6-3-2-4-7-17/h2-4,6-7,12,18,24H,5,8-11,13-16H2,1H3/t18-/m0/s1. The molecule has 2 heterocycles. The number of sulfone groups is 1. The first-order valence-corrected chi connectivity index (χ1v) is 11.3.